The maximum Gasteiger partial charge on any atom is 0.267 e. The Morgan fingerprint density at radius 2 is 2.00 bits per heavy atom. The van der Waals surface area contributed by atoms with Crippen LogP contribution in [0.2, 0.25) is 10.0 Å². The maximum atomic E-state index is 12.7. The standard InChI is InChI=1S/C18H12Cl2N2OS2/c19-9-5-6-11-14(7-9)24-16(15(11)20)17(23)22-18-12(8-21)10-3-1-2-4-13(10)25-18/h5-7H,1-4H2,(H,22,23). The largest absolute Gasteiger partial charge is 0.312 e. The zero-order valence-electron chi connectivity index (χ0n) is 13.0. The Balaban J connectivity index is 1.70. The number of thiophene rings is 2. The molecule has 1 amide bonds. The molecule has 4 rings (SSSR count). The number of aryl methyl sites for hydroxylation is 1. The Kier molecular flexibility index (Phi) is 4.47. The molecule has 0 unspecified atom stereocenters. The fourth-order valence-electron chi connectivity index (χ4n) is 3.12. The van der Waals surface area contributed by atoms with Crippen LogP contribution in [0.5, 0.6) is 0 Å². The summed E-state index contributed by atoms with van der Waals surface area (Å²) in [6.07, 6.45) is 4.11. The van der Waals surface area contributed by atoms with E-state index >= 15 is 0 Å². The van der Waals surface area contributed by atoms with Crippen LogP contribution in [0.1, 0.15) is 38.5 Å². The van der Waals surface area contributed by atoms with Gasteiger partial charge in [0.1, 0.15) is 15.9 Å². The zero-order chi connectivity index (χ0) is 17.6. The van der Waals surface area contributed by atoms with Gasteiger partial charge in [-0.1, -0.05) is 29.3 Å². The molecular formula is C18H12Cl2N2OS2. The fraction of sp³-hybridized carbons (Fsp3) is 0.222. The summed E-state index contributed by atoms with van der Waals surface area (Å²) >= 11 is 15.2. The van der Waals surface area contributed by atoms with Gasteiger partial charge in [-0.25, -0.2) is 0 Å². The van der Waals surface area contributed by atoms with Crippen molar-refractivity contribution >= 4 is 66.9 Å². The minimum absolute atomic E-state index is 0.280. The van der Waals surface area contributed by atoms with E-state index in [4.69, 9.17) is 23.2 Å². The Morgan fingerprint density at radius 1 is 1.20 bits per heavy atom. The van der Waals surface area contributed by atoms with E-state index in [-0.39, 0.29) is 5.91 Å². The second-order valence-corrected chi connectivity index (χ2v) is 8.84. The molecule has 0 saturated carbocycles. The highest BCUT2D eigenvalue weighted by atomic mass is 35.5. The first kappa shape index (κ1) is 16.9. The van der Waals surface area contributed by atoms with E-state index in [0.29, 0.717) is 25.5 Å². The Hall–Kier alpha value is -1.58. The number of hydrogen-bond acceptors (Lipinski definition) is 4. The number of nitrogens with one attached hydrogen (secondary N) is 1. The number of halogens is 2. The van der Waals surface area contributed by atoms with Crippen LogP contribution in [0.3, 0.4) is 0 Å². The summed E-state index contributed by atoms with van der Waals surface area (Å²) in [5.41, 5.74) is 1.71. The first-order chi connectivity index (χ1) is 12.1. The third-order valence-corrected chi connectivity index (χ3v) is 7.41. The molecule has 1 aliphatic rings. The van der Waals surface area contributed by atoms with Crippen molar-refractivity contribution in [2.75, 3.05) is 5.32 Å². The highest BCUT2D eigenvalue weighted by Gasteiger charge is 2.24. The van der Waals surface area contributed by atoms with E-state index < -0.39 is 0 Å². The summed E-state index contributed by atoms with van der Waals surface area (Å²) in [6, 6.07) is 7.63. The van der Waals surface area contributed by atoms with Gasteiger partial charge < -0.3 is 5.32 Å². The number of nitrogens with zero attached hydrogens (tertiary/aromatic N) is 1. The van der Waals surface area contributed by atoms with Crippen molar-refractivity contribution in [3.63, 3.8) is 0 Å². The number of nitriles is 1. The Bertz CT molecular complexity index is 1050. The second-order valence-electron chi connectivity index (χ2n) is 5.87. The predicted octanol–water partition coefficient (Wildman–Crippen LogP) is 6.27. The quantitative estimate of drug-likeness (QED) is 0.544. The van der Waals surface area contributed by atoms with Gasteiger partial charge in [0.05, 0.1) is 10.6 Å². The summed E-state index contributed by atoms with van der Waals surface area (Å²) in [6.45, 7) is 0. The van der Waals surface area contributed by atoms with Crippen LogP contribution in [0.15, 0.2) is 18.2 Å². The van der Waals surface area contributed by atoms with E-state index in [1.54, 1.807) is 12.1 Å². The number of rotatable bonds is 2. The molecule has 0 spiro atoms. The van der Waals surface area contributed by atoms with Crippen molar-refractivity contribution in [3.05, 3.63) is 49.1 Å². The maximum absolute atomic E-state index is 12.7. The molecule has 7 heteroatoms. The van der Waals surface area contributed by atoms with Crippen LogP contribution in [0.25, 0.3) is 10.1 Å². The average Bonchev–Trinajstić information content (AvgIpc) is 3.11. The number of benzene rings is 1. The molecule has 2 aromatic heterocycles. The minimum atomic E-state index is -0.280. The first-order valence-electron chi connectivity index (χ1n) is 7.82. The molecule has 0 bridgehead atoms. The molecule has 0 radical (unpaired) electrons. The number of amides is 1. The number of hydrogen-bond donors (Lipinski definition) is 1. The lowest BCUT2D eigenvalue weighted by Crippen LogP contribution is -2.10. The fourth-order valence-corrected chi connectivity index (χ4v) is 6.04. The number of carbonyl (C=O) groups is 1. The van der Waals surface area contributed by atoms with Gasteiger partial charge >= 0.3 is 0 Å². The van der Waals surface area contributed by atoms with Crippen LogP contribution < -0.4 is 5.32 Å². The van der Waals surface area contributed by atoms with Gasteiger partial charge in [0.25, 0.3) is 5.91 Å². The summed E-state index contributed by atoms with van der Waals surface area (Å²) in [4.78, 5) is 14.4. The van der Waals surface area contributed by atoms with Crippen LogP contribution in [0.4, 0.5) is 5.00 Å². The third-order valence-electron chi connectivity index (χ3n) is 4.31. The van der Waals surface area contributed by atoms with Gasteiger partial charge in [-0.15, -0.1) is 22.7 Å². The van der Waals surface area contributed by atoms with Gasteiger partial charge in [0.15, 0.2) is 0 Å². The molecule has 1 N–H and O–H groups in total. The van der Waals surface area contributed by atoms with Gasteiger partial charge in [-0.05, 0) is 43.4 Å². The van der Waals surface area contributed by atoms with Crippen molar-refractivity contribution in [3.8, 4) is 6.07 Å². The van der Waals surface area contributed by atoms with Crippen molar-refractivity contribution < 1.29 is 4.79 Å². The highest BCUT2D eigenvalue weighted by Crippen LogP contribution is 2.40. The first-order valence-corrected chi connectivity index (χ1v) is 10.2. The number of anilines is 1. The molecule has 126 valence electrons. The topological polar surface area (TPSA) is 52.9 Å². The molecule has 1 aliphatic carbocycles. The van der Waals surface area contributed by atoms with Gasteiger partial charge in [0.2, 0.25) is 0 Å². The molecule has 0 aliphatic heterocycles. The molecule has 2 heterocycles. The molecule has 3 nitrogen and oxygen atoms in total. The number of carbonyl (C=O) groups excluding carboxylic acids is 1. The number of fused-ring (bicyclic) bond motifs is 2. The van der Waals surface area contributed by atoms with E-state index in [9.17, 15) is 10.1 Å². The monoisotopic (exact) mass is 406 g/mol. The molecule has 3 aromatic rings. The predicted molar refractivity (Wildman–Crippen MR) is 105 cm³/mol. The normalized spacial score (nSPS) is 13.5. The van der Waals surface area contributed by atoms with Crippen LogP contribution in [-0.2, 0) is 12.8 Å². The zero-order valence-corrected chi connectivity index (χ0v) is 16.1. The highest BCUT2D eigenvalue weighted by molar-refractivity contribution is 7.22. The van der Waals surface area contributed by atoms with Gasteiger partial charge in [-0.2, -0.15) is 5.26 Å². The summed E-state index contributed by atoms with van der Waals surface area (Å²) in [5.74, 6) is -0.280. The lowest BCUT2D eigenvalue weighted by Gasteiger charge is -2.09. The lowest BCUT2D eigenvalue weighted by atomic mass is 9.96. The summed E-state index contributed by atoms with van der Waals surface area (Å²) in [7, 11) is 0. The summed E-state index contributed by atoms with van der Waals surface area (Å²) < 4.78 is 0.869. The van der Waals surface area contributed by atoms with Crippen LogP contribution in [-0.4, -0.2) is 5.91 Å². The van der Waals surface area contributed by atoms with Crippen LogP contribution in [0, 0.1) is 11.3 Å². The molecule has 0 atom stereocenters. The Morgan fingerprint density at radius 3 is 2.80 bits per heavy atom. The lowest BCUT2D eigenvalue weighted by molar-refractivity contribution is 0.103. The summed E-state index contributed by atoms with van der Waals surface area (Å²) in [5, 5.41) is 14.9. The van der Waals surface area contributed by atoms with Crippen molar-refractivity contribution in [2.24, 2.45) is 0 Å². The van der Waals surface area contributed by atoms with E-state index in [1.165, 1.54) is 27.6 Å². The second kappa shape index (κ2) is 6.62. The molecule has 1 aromatic carbocycles. The smallest absolute Gasteiger partial charge is 0.267 e. The van der Waals surface area contributed by atoms with Crippen LogP contribution >= 0.6 is 45.9 Å². The average molecular weight is 407 g/mol. The van der Waals surface area contributed by atoms with E-state index in [1.807, 2.05) is 6.07 Å². The van der Waals surface area contributed by atoms with Gasteiger partial charge in [0, 0.05) is 20.0 Å². The van der Waals surface area contributed by atoms with Crippen molar-refractivity contribution in [1.29, 1.82) is 5.26 Å². The molecule has 0 fully saturated rings. The van der Waals surface area contributed by atoms with Gasteiger partial charge in [-0.3, -0.25) is 4.79 Å². The molecule has 25 heavy (non-hydrogen) atoms. The van der Waals surface area contributed by atoms with E-state index in [2.05, 4.69) is 11.4 Å². The minimum Gasteiger partial charge on any atom is -0.312 e. The molecular weight excluding hydrogens is 395 g/mol. The Labute approximate surface area is 162 Å². The third kappa shape index (κ3) is 2.94. The van der Waals surface area contributed by atoms with Crippen molar-refractivity contribution in [2.45, 2.75) is 25.7 Å². The molecule has 0 saturated heterocycles. The SMILES string of the molecule is N#Cc1c(NC(=O)c2sc3cc(Cl)ccc3c2Cl)sc2c1CCCC2. The van der Waals surface area contributed by atoms with E-state index in [0.717, 1.165) is 41.3 Å². The van der Waals surface area contributed by atoms with Crippen molar-refractivity contribution in [1.82, 2.24) is 0 Å².